The first kappa shape index (κ1) is 18.4. The largest absolute Gasteiger partial charge is 0.325 e. The van der Waals surface area contributed by atoms with E-state index in [0.29, 0.717) is 11.4 Å². The molecule has 0 spiro atoms. The molecule has 2 N–H and O–H groups in total. The van der Waals surface area contributed by atoms with Crippen LogP contribution in [0.25, 0.3) is 5.69 Å². The van der Waals surface area contributed by atoms with Gasteiger partial charge in [-0.2, -0.15) is 5.10 Å². The Kier molecular flexibility index (Phi) is 5.96. The summed E-state index contributed by atoms with van der Waals surface area (Å²) < 4.78 is 16.0. The molecule has 130 valence electrons. The molecule has 0 radical (unpaired) electrons. The normalized spacial score (nSPS) is 17.2. The van der Waals surface area contributed by atoms with Gasteiger partial charge in [0.05, 0.1) is 11.7 Å². The zero-order chi connectivity index (χ0) is 16.4. The third kappa shape index (κ3) is 3.94. The number of amides is 1. The highest BCUT2D eigenvalue weighted by molar-refractivity contribution is 5.95. The molecular formula is C17H22ClFN4O. The van der Waals surface area contributed by atoms with Crippen LogP contribution >= 0.6 is 12.4 Å². The molecule has 1 aromatic heterocycles. The third-order valence-corrected chi connectivity index (χ3v) is 4.08. The van der Waals surface area contributed by atoms with Crippen LogP contribution in [0.3, 0.4) is 0 Å². The van der Waals surface area contributed by atoms with Crippen LogP contribution in [0.1, 0.15) is 30.7 Å². The molecule has 0 bridgehead atoms. The fourth-order valence-corrected chi connectivity index (χ4v) is 2.93. The van der Waals surface area contributed by atoms with Gasteiger partial charge in [-0.05, 0) is 57.5 Å². The average Bonchev–Trinajstić information content (AvgIpc) is 2.87. The lowest BCUT2D eigenvalue weighted by atomic mass is 10.0. The average molecular weight is 353 g/mol. The summed E-state index contributed by atoms with van der Waals surface area (Å²) in [5.41, 5.74) is 2.54. The zero-order valence-electron chi connectivity index (χ0n) is 13.8. The smallest absolute Gasteiger partial charge is 0.241 e. The van der Waals surface area contributed by atoms with Crippen molar-refractivity contribution in [2.45, 2.75) is 39.2 Å². The van der Waals surface area contributed by atoms with Crippen LogP contribution in [0.2, 0.25) is 0 Å². The van der Waals surface area contributed by atoms with E-state index in [-0.39, 0.29) is 24.4 Å². The van der Waals surface area contributed by atoms with Crippen LogP contribution < -0.4 is 10.6 Å². The quantitative estimate of drug-likeness (QED) is 0.892. The molecule has 3 rings (SSSR count). The monoisotopic (exact) mass is 352 g/mol. The zero-order valence-corrected chi connectivity index (χ0v) is 14.6. The number of benzene rings is 1. The second-order valence-corrected chi connectivity index (χ2v) is 6.00. The van der Waals surface area contributed by atoms with Gasteiger partial charge < -0.3 is 10.6 Å². The first-order chi connectivity index (χ1) is 11.0. The van der Waals surface area contributed by atoms with E-state index in [9.17, 15) is 9.18 Å². The van der Waals surface area contributed by atoms with Crippen molar-refractivity contribution in [3.63, 3.8) is 0 Å². The molecule has 2 heterocycles. The fourth-order valence-electron chi connectivity index (χ4n) is 2.93. The van der Waals surface area contributed by atoms with Crippen molar-refractivity contribution >= 4 is 24.0 Å². The van der Waals surface area contributed by atoms with Gasteiger partial charge in [-0.15, -0.1) is 12.4 Å². The molecule has 7 heteroatoms. The molecule has 1 fully saturated rings. The van der Waals surface area contributed by atoms with Gasteiger partial charge >= 0.3 is 0 Å². The highest BCUT2D eigenvalue weighted by atomic mass is 35.5. The number of carbonyl (C=O) groups is 1. The molecule has 0 saturated carbocycles. The maximum absolute atomic E-state index is 14.4. The molecule has 1 saturated heterocycles. The minimum Gasteiger partial charge on any atom is -0.325 e. The van der Waals surface area contributed by atoms with Crippen molar-refractivity contribution in [1.29, 1.82) is 0 Å². The predicted octanol–water partition coefficient (Wildman–Crippen LogP) is 3.13. The number of hydrogen-bond donors (Lipinski definition) is 2. The van der Waals surface area contributed by atoms with Crippen molar-refractivity contribution in [3.05, 3.63) is 41.5 Å². The molecule has 1 atom stereocenters. The Balaban J connectivity index is 0.00000208. The van der Waals surface area contributed by atoms with E-state index < -0.39 is 5.82 Å². The van der Waals surface area contributed by atoms with E-state index in [1.807, 2.05) is 19.9 Å². The van der Waals surface area contributed by atoms with E-state index >= 15 is 0 Å². The fraction of sp³-hybridized carbons (Fsp3) is 0.412. The number of anilines is 1. The van der Waals surface area contributed by atoms with Crippen molar-refractivity contribution in [3.8, 4) is 5.69 Å². The predicted molar refractivity (Wildman–Crippen MR) is 94.5 cm³/mol. The highest BCUT2D eigenvalue weighted by Crippen LogP contribution is 2.20. The van der Waals surface area contributed by atoms with E-state index in [1.54, 1.807) is 16.8 Å². The Bertz CT molecular complexity index is 725. The van der Waals surface area contributed by atoms with Gasteiger partial charge in [0.1, 0.15) is 5.69 Å². The van der Waals surface area contributed by atoms with Crippen molar-refractivity contribution in [2.24, 2.45) is 0 Å². The number of rotatable bonds is 3. The molecule has 1 aliphatic heterocycles. The van der Waals surface area contributed by atoms with Crippen LogP contribution in [0.15, 0.2) is 24.3 Å². The summed E-state index contributed by atoms with van der Waals surface area (Å²) in [6, 6.07) is 6.38. The summed E-state index contributed by atoms with van der Waals surface area (Å²) in [5, 5.41) is 10.2. The summed E-state index contributed by atoms with van der Waals surface area (Å²) in [5.74, 6) is -0.520. The lowest BCUT2D eigenvalue weighted by Crippen LogP contribution is -2.43. The second kappa shape index (κ2) is 7.77. The van der Waals surface area contributed by atoms with E-state index in [2.05, 4.69) is 15.7 Å². The Morgan fingerprint density at radius 2 is 2.12 bits per heavy atom. The first-order valence-electron chi connectivity index (χ1n) is 7.92. The van der Waals surface area contributed by atoms with Gasteiger partial charge in [0.15, 0.2) is 5.82 Å². The van der Waals surface area contributed by atoms with Gasteiger partial charge in [0, 0.05) is 11.4 Å². The molecule has 5 nitrogen and oxygen atoms in total. The number of nitrogens with zero attached hydrogens (tertiary/aromatic N) is 2. The van der Waals surface area contributed by atoms with Gasteiger partial charge in [0.2, 0.25) is 5.91 Å². The molecule has 1 unspecified atom stereocenters. The van der Waals surface area contributed by atoms with Gasteiger partial charge in [-0.3, -0.25) is 4.79 Å². The summed E-state index contributed by atoms with van der Waals surface area (Å²) in [6.07, 6.45) is 2.95. The van der Waals surface area contributed by atoms with E-state index in [1.165, 1.54) is 6.07 Å². The Hall–Kier alpha value is -1.92. The maximum atomic E-state index is 14.4. The topological polar surface area (TPSA) is 59.0 Å². The number of nitrogens with one attached hydrogen (secondary N) is 2. The molecule has 2 aromatic rings. The number of hydrogen-bond acceptors (Lipinski definition) is 3. The standard InChI is InChI=1S/C17H21FN4O.ClH/c1-11-9-12(2)22(21-11)16-7-6-13(10-14(16)18)20-17(23)15-5-3-4-8-19-15;/h6-7,9-10,15,19H,3-5,8H2,1-2H3,(H,20,23);1H. The van der Waals surface area contributed by atoms with Crippen molar-refractivity contribution in [1.82, 2.24) is 15.1 Å². The van der Waals surface area contributed by atoms with Crippen LogP contribution in [0, 0.1) is 19.7 Å². The second-order valence-electron chi connectivity index (χ2n) is 6.00. The number of aryl methyl sites for hydroxylation is 2. The SMILES string of the molecule is Cc1cc(C)n(-c2ccc(NC(=O)C3CCCCN3)cc2F)n1.Cl. The van der Waals surface area contributed by atoms with Crippen LogP contribution in [0.5, 0.6) is 0 Å². The van der Waals surface area contributed by atoms with Crippen molar-refractivity contribution < 1.29 is 9.18 Å². The van der Waals surface area contributed by atoms with Crippen molar-refractivity contribution in [2.75, 3.05) is 11.9 Å². The first-order valence-corrected chi connectivity index (χ1v) is 7.92. The maximum Gasteiger partial charge on any atom is 0.241 e. The molecule has 1 amide bonds. The van der Waals surface area contributed by atoms with Gasteiger partial charge in [-0.25, -0.2) is 9.07 Å². The number of piperidine rings is 1. The molecule has 1 aliphatic rings. The summed E-state index contributed by atoms with van der Waals surface area (Å²) >= 11 is 0. The van der Waals surface area contributed by atoms with Crippen LogP contribution in [-0.4, -0.2) is 28.3 Å². The lowest BCUT2D eigenvalue weighted by molar-refractivity contribution is -0.118. The number of aromatic nitrogens is 2. The van der Waals surface area contributed by atoms with Gasteiger partial charge in [0.25, 0.3) is 0 Å². The minimum absolute atomic E-state index is 0. The Morgan fingerprint density at radius 1 is 1.33 bits per heavy atom. The molecule has 0 aliphatic carbocycles. The summed E-state index contributed by atoms with van der Waals surface area (Å²) in [6.45, 7) is 4.60. The summed E-state index contributed by atoms with van der Waals surface area (Å²) in [4.78, 5) is 12.2. The highest BCUT2D eigenvalue weighted by Gasteiger charge is 2.20. The molecular weight excluding hydrogens is 331 g/mol. The third-order valence-electron chi connectivity index (χ3n) is 4.08. The van der Waals surface area contributed by atoms with Gasteiger partial charge in [-0.1, -0.05) is 6.42 Å². The van der Waals surface area contributed by atoms with E-state index in [4.69, 9.17) is 0 Å². The molecule has 1 aromatic carbocycles. The van der Waals surface area contributed by atoms with E-state index in [0.717, 1.165) is 37.2 Å². The minimum atomic E-state index is -0.411. The lowest BCUT2D eigenvalue weighted by Gasteiger charge is -2.22. The number of halogens is 2. The van der Waals surface area contributed by atoms with Crippen LogP contribution in [-0.2, 0) is 4.79 Å². The van der Waals surface area contributed by atoms with Crippen LogP contribution in [0.4, 0.5) is 10.1 Å². The Labute approximate surface area is 147 Å². The summed E-state index contributed by atoms with van der Waals surface area (Å²) in [7, 11) is 0. The Morgan fingerprint density at radius 3 is 2.71 bits per heavy atom. The number of carbonyl (C=O) groups excluding carboxylic acids is 1. The molecule has 24 heavy (non-hydrogen) atoms.